The fraction of sp³-hybridized carbons (Fsp3) is 1.00. The Hall–Kier alpha value is -0.510. The highest BCUT2D eigenvalue weighted by Crippen LogP contribution is 2.50. The van der Waals surface area contributed by atoms with Gasteiger partial charge in [-0.15, -0.1) is 0 Å². The second-order valence-corrected chi connectivity index (χ2v) is 6.71. The maximum atomic E-state index is 13.3. The monoisotopic (exact) mass is 341 g/mol. The Balaban J connectivity index is 2.83. The van der Waals surface area contributed by atoms with Crippen LogP contribution in [-0.2, 0) is 10.1 Å². The van der Waals surface area contributed by atoms with Gasteiger partial charge >= 0.3 is 17.1 Å². The first kappa shape index (κ1) is 18.5. The van der Waals surface area contributed by atoms with Crippen molar-refractivity contribution in [3.63, 3.8) is 0 Å². The molecule has 10 heteroatoms. The van der Waals surface area contributed by atoms with Gasteiger partial charge in [0.05, 0.1) is 0 Å². The number of hydrogen-bond acceptors (Lipinski definition) is 3. The highest BCUT2D eigenvalue weighted by Gasteiger charge is 2.74. The van der Waals surface area contributed by atoms with E-state index in [1.54, 1.807) is 0 Å². The zero-order valence-electron chi connectivity index (χ0n) is 10.9. The lowest BCUT2D eigenvalue weighted by Gasteiger charge is -2.34. The topological polar surface area (TPSA) is 57.2 Å². The van der Waals surface area contributed by atoms with Crippen LogP contribution in [0.15, 0.2) is 0 Å². The maximum absolute atomic E-state index is 13.3. The van der Waals surface area contributed by atoms with Crippen molar-refractivity contribution in [3.05, 3.63) is 0 Å². The molecule has 0 saturated heterocycles. The summed E-state index contributed by atoms with van der Waals surface area (Å²) in [7, 11) is -6.90. The van der Waals surface area contributed by atoms with Gasteiger partial charge in [0.2, 0.25) is 0 Å². The standard InChI is InChI=1S/C11H16F6O3S/c12-9(13,7-6-8-4-2-1-3-5-8)10(14,15)11(16,17)21(18,19)20/h8H,1-7H2,(H,18,19,20)/p-1. The van der Waals surface area contributed by atoms with E-state index in [1.807, 2.05) is 0 Å². The zero-order chi connectivity index (χ0) is 16.5. The Morgan fingerprint density at radius 1 is 0.952 bits per heavy atom. The smallest absolute Gasteiger partial charge is 0.402 e. The van der Waals surface area contributed by atoms with E-state index in [2.05, 4.69) is 0 Å². The molecule has 0 aromatic carbocycles. The molecule has 0 aromatic heterocycles. The van der Waals surface area contributed by atoms with E-state index in [0.29, 0.717) is 12.8 Å². The number of halogens is 6. The average molecular weight is 341 g/mol. The van der Waals surface area contributed by atoms with Crippen molar-refractivity contribution in [3.8, 4) is 0 Å². The van der Waals surface area contributed by atoms with E-state index >= 15 is 0 Å². The molecule has 0 unspecified atom stereocenters. The van der Waals surface area contributed by atoms with Crippen LogP contribution in [-0.4, -0.2) is 30.1 Å². The van der Waals surface area contributed by atoms with Crippen LogP contribution < -0.4 is 0 Å². The molecule has 0 aliphatic heterocycles. The molecule has 1 fully saturated rings. The number of hydrogen-bond donors (Lipinski definition) is 0. The quantitative estimate of drug-likeness (QED) is 0.546. The van der Waals surface area contributed by atoms with E-state index in [9.17, 15) is 39.3 Å². The van der Waals surface area contributed by atoms with Crippen molar-refractivity contribution >= 4 is 10.1 Å². The van der Waals surface area contributed by atoms with Gasteiger partial charge in [-0.25, -0.2) is 8.42 Å². The molecule has 1 aliphatic rings. The van der Waals surface area contributed by atoms with E-state index < -0.39 is 40.1 Å². The summed E-state index contributed by atoms with van der Waals surface area (Å²) in [6.45, 7) is 0. The van der Waals surface area contributed by atoms with Crippen LogP contribution in [0.4, 0.5) is 26.3 Å². The van der Waals surface area contributed by atoms with Gasteiger partial charge in [-0.3, -0.25) is 0 Å². The molecule has 1 rings (SSSR count). The van der Waals surface area contributed by atoms with Gasteiger partial charge in [0, 0.05) is 6.42 Å². The van der Waals surface area contributed by atoms with E-state index in [-0.39, 0.29) is 5.92 Å². The van der Waals surface area contributed by atoms with Crippen LogP contribution in [0, 0.1) is 5.92 Å². The lowest BCUT2D eigenvalue weighted by atomic mass is 9.85. The van der Waals surface area contributed by atoms with Crippen LogP contribution >= 0.6 is 0 Å². The first-order chi connectivity index (χ1) is 9.33. The highest BCUT2D eigenvalue weighted by molar-refractivity contribution is 7.86. The normalized spacial score (nSPS) is 19.8. The second-order valence-electron chi connectivity index (χ2n) is 5.29. The van der Waals surface area contributed by atoms with Crippen LogP contribution in [0.1, 0.15) is 44.9 Å². The molecule has 0 bridgehead atoms. The molecule has 0 aromatic rings. The number of alkyl halides is 6. The first-order valence-corrected chi connectivity index (χ1v) is 7.82. The van der Waals surface area contributed by atoms with Gasteiger partial charge in [0.25, 0.3) is 0 Å². The molecular formula is C11H15F6O3S-. The van der Waals surface area contributed by atoms with E-state index in [4.69, 9.17) is 0 Å². The number of rotatable bonds is 6. The summed E-state index contributed by atoms with van der Waals surface area (Å²) in [4.78, 5) is 0. The summed E-state index contributed by atoms with van der Waals surface area (Å²) in [6.07, 6.45) is 1.47. The SMILES string of the molecule is O=S(=O)([O-])C(F)(F)C(F)(F)C(F)(F)CCC1CCCCC1. The third kappa shape index (κ3) is 3.64. The van der Waals surface area contributed by atoms with Crippen molar-refractivity contribution in [2.75, 3.05) is 0 Å². The van der Waals surface area contributed by atoms with Crippen molar-refractivity contribution in [2.45, 2.75) is 62.0 Å². The van der Waals surface area contributed by atoms with Gasteiger partial charge in [0.15, 0.2) is 10.1 Å². The molecule has 0 amide bonds. The minimum atomic E-state index is -6.90. The fourth-order valence-electron chi connectivity index (χ4n) is 2.39. The van der Waals surface area contributed by atoms with Gasteiger partial charge in [-0.1, -0.05) is 32.1 Å². The third-order valence-electron chi connectivity index (χ3n) is 3.73. The minimum absolute atomic E-state index is 0.280. The zero-order valence-corrected chi connectivity index (χ0v) is 11.7. The van der Waals surface area contributed by atoms with Crippen molar-refractivity contribution in [1.82, 2.24) is 0 Å². The summed E-state index contributed by atoms with van der Waals surface area (Å²) in [5, 5.41) is -6.35. The molecule has 1 saturated carbocycles. The second kappa shape index (κ2) is 5.94. The van der Waals surface area contributed by atoms with Crippen molar-refractivity contribution in [1.29, 1.82) is 0 Å². The minimum Gasteiger partial charge on any atom is -0.743 e. The summed E-state index contributed by atoms with van der Waals surface area (Å²) in [6, 6.07) is 0. The van der Waals surface area contributed by atoms with Crippen molar-refractivity contribution < 1.29 is 39.3 Å². The lowest BCUT2D eigenvalue weighted by Crippen LogP contribution is -2.57. The summed E-state index contributed by atoms with van der Waals surface area (Å²) in [5.41, 5.74) is 0. The molecule has 126 valence electrons. The van der Waals surface area contributed by atoms with E-state index in [1.165, 1.54) is 0 Å². The van der Waals surface area contributed by atoms with Gasteiger partial charge in [0.1, 0.15) is 0 Å². The Labute approximate surface area is 118 Å². The van der Waals surface area contributed by atoms with E-state index in [0.717, 1.165) is 19.3 Å². The first-order valence-electron chi connectivity index (χ1n) is 6.42. The summed E-state index contributed by atoms with van der Waals surface area (Å²) in [5.74, 6) is -11.8. The maximum Gasteiger partial charge on any atom is 0.402 e. The fourth-order valence-corrected chi connectivity index (χ4v) is 2.85. The van der Waals surface area contributed by atoms with Gasteiger partial charge in [-0.05, 0) is 12.3 Å². The molecule has 1 aliphatic carbocycles. The Morgan fingerprint density at radius 3 is 1.86 bits per heavy atom. The van der Waals surface area contributed by atoms with Crippen LogP contribution in [0.2, 0.25) is 0 Å². The Morgan fingerprint density at radius 2 is 1.43 bits per heavy atom. The molecule has 0 N–H and O–H groups in total. The summed E-state index contributed by atoms with van der Waals surface area (Å²) >= 11 is 0. The highest BCUT2D eigenvalue weighted by atomic mass is 32.2. The molecule has 21 heavy (non-hydrogen) atoms. The molecule has 0 spiro atoms. The molecule has 0 radical (unpaired) electrons. The molecular weight excluding hydrogens is 326 g/mol. The predicted molar refractivity (Wildman–Crippen MR) is 60.3 cm³/mol. The lowest BCUT2D eigenvalue weighted by molar-refractivity contribution is -0.283. The Kier molecular flexibility index (Phi) is 5.24. The summed E-state index contributed by atoms with van der Waals surface area (Å²) < 4.78 is 109. The largest absolute Gasteiger partial charge is 0.743 e. The van der Waals surface area contributed by atoms with Gasteiger partial charge in [-0.2, -0.15) is 26.3 Å². The van der Waals surface area contributed by atoms with Crippen LogP contribution in [0.25, 0.3) is 0 Å². The Bertz CT molecular complexity index is 457. The molecule has 0 heterocycles. The average Bonchev–Trinajstić information content (AvgIpc) is 2.36. The predicted octanol–water partition coefficient (Wildman–Crippen LogP) is 3.76. The molecule has 0 atom stereocenters. The van der Waals surface area contributed by atoms with Gasteiger partial charge < -0.3 is 4.55 Å². The van der Waals surface area contributed by atoms with Crippen LogP contribution in [0.3, 0.4) is 0 Å². The third-order valence-corrected chi connectivity index (χ3v) is 4.61. The van der Waals surface area contributed by atoms with Crippen molar-refractivity contribution in [2.24, 2.45) is 5.92 Å². The molecule has 3 nitrogen and oxygen atoms in total. The van der Waals surface area contributed by atoms with Crippen LogP contribution in [0.5, 0.6) is 0 Å².